The third-order valence-electron chi connectivity index (χ3n) is 9.89. The molecule has 0 aliphatic carbocycles. The van der Waals surface area contributed by atoms with Crippen LogP contribution < -0.4 is 9.64 Å². The summed E-state index contributed by atoms with van der Waals surface area (Å²) in [5, 5.41) is 12.2. The van der Waals surface area contributed by atoms with Crippen LogP contribution >= 0.6 is 23.2 Å². The Morgan fingerprint density at radius 3 is 2.34 bits per heavy atom. The van der Waals surface area contributed by atoms with Gasteiger partial charge in [0.1, 0.15) is 29.0 Å². The van der Waals surface area contributed by atoms with E-state index in [4.69, 9.17) is 27.9 Å². The number of halogens is 2. The zero-order valence-corrected chi connectivity index (χ0v) is 30.2. The van der Waals surface area contributed by atoms with E-state index < -0.39 is 11.5 Å². The molecule has 1 unspecified atom stereocenters. The lowest BCUT2D eigenvalue weighted by atomic mass is 9.98. The molecule has 3 aromatic carbocycles. The lowest BCUT2D eigenvalue weighted by molar-refractivity contribution is 0.0686. The van der Waals surface area contributed by atoms with Crippen molar-refractivity contribution < 1.29 is 19.4 Å². The second-order valence-electron chi connectivity index (χ2n) is 13.0. The molecule has 0 saturated heterocycles. The van der Waals surface area contributed by atoms with Crippen molar-refractivity contribution >= 4 is 62.6 Å². The summed E-state index contributed by atoms with van der Waals surface area (Å²) >= 11 is 13.7. The fraction of sp³-hybridized carbons (Fsp3) is 0.282. The van der Waals surface area contributed by atoms with Gasteiger partial charge in [0.15, 0.2) is 0 Å². The topological polar surface area (TPSA) is 102 Å². The van der Waals surface area contributed by atoms with E-state index in [9.17, 15) is 9.90 Å². The molecule has 0 radical (unpaired) electrons. The van der Waals surface area contributed by atoms with Gasteiger partial charge in [0, 0.05) is 45.4 Å². The number of ether oxygens (including phenoxy) is 1. The van der Waals surface area contributed by atoms with Gasteiger partial charge in [-0.1, -0.05) is 47.5 Å². The largest absolute Gasteiger partial charge is 0.494 e. The molecule has 256 valence electrons. The fourth-order valence-electron chi connectivity index (χ4n) is 7.50. The first-order valence-electron chi connectivity index (χ1n) is 16.5. The van der Waals surface area contributed by atoms with Gasteiger partial charge in [-0.2, -0.15) is 0 Å². The summed E-state index contributed by atoms with van der Waals surface area (Å²) in [6.45, 7) is 10.3. The lowest BCUT2D eigenvalue weighted by Gasteiger charge is -2.39. The molecule has 6 aromatic rings. The smallest absolute Gasteiger partial charge is 0.352 e. The molecule has 1 aliphatic rings. The number of fused-ring (bicyclic) bond motifs is 4. The first kappa shape index (κ1) is 33.6. The third-order valence-corrected chi connectivity index (χ3v) is 11.0. The second kappa shape index (κ2) is 12.8. The number of rotatable bonds is 8. The van der Waals surface area contributed by atoms with Crippen LogP contribution in [-0.4, -0.2) is 48.2 Å². The molecule has 4 heterocycles. The van der Waals surface area contributed by atoms with E-state index in [0.717, 1.165) is 60.9 Å². The SMILES string of the molecule is Cc1cc(OCCCc2c3n(c4c(-c5c(C)ncnc5C)cccc24)[C@H](C)C(Cl)N(c2cccc4c2cc(C(=O)O)n4C)C3=O)cc(C)c1Cl. The number of nitrogens with zero attached hydrogens (tertiary/aromatic N) is 5. The molecule has 0 spiro atoms. The fourth-order valence-corrected chi connectivity index (χ4v) is 7.92. The minimum absolute atomic E-state index is 0.123. The number of alkyl halides is 1. The van der Waals surface area contributed by atoms with E-state index in [2.05, 4.69) is 26.7 Å². The van der Waals surface area contributed by atoms with Crippen molar-refractivity contribution in [3.05, 3.63) is 105 Å². The van der Waals surface area contributed by atoms with E-state index in [1.165, 1.54) is 0 Å². The van der Waals surface area contributed by atoms with Crippen LogP contribution in [-0.2, 0) is 13.5 Å². The summed E-state index contributed by atoms with van der Waals surface area (Å²) < 4.78 is 9.89. The number of aromatic carboxylic acids is 1. The highest BCUT2D eigenvalue weighted by molar-refractivity contribution is 6.32. The van der Waals surface area contributed by atoms with Gasteiger partial charge in [-0.25, -0.2) is 14.8 Å². The van der Waals surface area contributed by atoms with Crippen LogP contribution in [0.15, 0.2) is 60.9 Å². The number of carbonyl (C=O) groups is 2. The standard InChI is InChI=1S/C39H37Cl2N5O4/c1-20-16-25(17-21(2)34(20)40)50-15-9-12-27-26-10-7-11-28(33-22(3)42-19-43-23(33)4)35(26)45-24(5)37(41)46(38(47)36(27)45)31-14-8-13-30-29(31)18-32(39(48)49)44(30)6/h7-8,10-11,13-14,16-19,24,37H,9,12,15H2,1-6H3,(H,48,49)/t24-,37?/m1/s1. The first-order valence-corrected chi connectivity index (χ1v) is 17.3. The zero-order chi connectivity index (χ0) is 35.6. The van der Waals surface area contributed by atoms with Crippen molar-refractivity contribution in [3.8, 4) is 16.9 Å². The van der Waals surface area contributed by atoms with E-state index in [0.29, 0.717) is 41.7 Å². The Labute approximate surface area is 300 Å². The van der Waals surface area contributed by atoms with Crippen molar-refractivity contribution in [1.82, 2.24) is 19.1 Å². The molecular formula is C39H37Cl2N5O4. The molecule has 0 fully saturated rings. The first-order chi connectivity index (χ1) is 23.9. The molecule has 2 atom stereocenters. The summed E-state index contributed by atoms with van der Waals surface area (Å²) in [5.74, 6) is -0.550. The highest BCUT2D eigenvalue weighted by Gasteiger charge is 2.42. The second-order valence-corrected chi connectivity index (χ2v) is 13.9. The number of benzene rings is 3. The molecule has 1 N–H and O–H groups in total. The van der Waals surface area contributed by atoms with Gasteiger partial charge in [0.2, 0.25) is 0 Å². The molecule has 11 heteroatoms. The minimum atomic E-state index is -1.05. The van der Waals surface area contributed by atoms with Crippen molar-refractivity contribution in [3.63, 3.8) is 0 Å². The molecule has 50 heavy (non-hydrogen) atoms. The number of hydrogen-bond donors (Lipinski definition) is 1. The van der Waals surface area contributed by atoms with E-state index in [1.807, 2.05) is 71.0 Å². The average Bonchev–Trinajstić information content (AvgIpc) is 3.60. The van der Waals surface area contributed by atoms with Gasteiger partial charge in [-0.15, -0.1) is 0 Å². The number of carboxylic acid groups (broad SMARTS) is 1. The maximum absolute atomic E-state index is 15.0. The van der Waals surface area contributed by atoms with Crippen molar-refractivity contribution in [2.45, 2.75) is 59.0 Å². The number of aromatic nitrogens is 4. The molecule has 3 aromatic heterocycles. The predicted molar refractivity (Wildman–Crippen MR) is 198 cm³/mol. The van der Waals surface area contributed by atoms with Crippen LogP contribution in [0.5, 0.6) is 5.75 Å². The Bertz CT molecular complexity index is 2320. The molecule has 1 amide bonds. The Morgan fingerprint density at radius 2 is 1.66 bits per heavy atom. The van der Waals surface area contributed by atoms with Gasteiger partial charge in [-0.05, 0) is 94.5 Å². The number of amides is 1. The predicted octanol–water partition coefficient (Wildman–Crippen LogP) is 8.97. The minimum Gasteiger partial charge on any atom is -0.494 e. The number of para-hydroxylation sites is 1. The van der Waals surface area contributed by atoms with Crippen LogP contribution in [0.4, 0.5) is 5.69 Å². The third kappa shape index (κ3) is 5.31. The summed E-state index contributed by atoms with van der Waals surface area (Å²) in [7, 11) is 1.71. The van der Waals surface area contributed by atoms with E-state index in [1.54, 1.807) is 28.9 Å². The Kier molecular flexibility index (Phi) is 8.60. The number of aryl methyl sites for hydroxylation is 6. The monoisotopic (exact) mass is 709 g/mol. The number of anilines is 1. The normalized spacial score (nSPS) is 16.0. The summed E-state index contributed by atoms with van der Waals surface area (Å²) in [6, 6.07) is 16.7. The van der Waals surface area contributed by atoms with E-state index in [-0.39, 0.29) is 17.6 Å². The van der Waals surface area contributed by atoms with E-state index >= 15 is 4.79 Å². The molecule has 7 rings (SSSR count). The summed E-state index contributed by atoms with van der Waals surface area (Å²) in [6.07, 6.45) is 2.77. The Balaban J connectivity index is 1.38. The number of carbonyl (C=O) groups excluding carboxylic acids is 1. The van der Waals surface area contributed by atoms with Crippen LogP contribution in [0.1, 0.15) is 68.4 Å². The van der Waals surface area contributed by atoms with Crippen molar-refractivity contribution in [1.29, 1.82) is 0 Å². The zero-order valence-electron chi connectivity index (χ0n) is 28.7. The highest BCUT2D eigenvalue weighted by Crippen LogP contribution is 2.45. The van der Waals surface area contributed by atoms with Crippen LogP contribution in [0.3, 0.4) is 0 Å². The number of carboxylic acids is 1. The lowest BCUT2D eigenvalue weighted by Crippen LogP contribution is -2.48. The Morgan fingerprint density at radius 1 is 0.980 bits per heavy atom. The van der Waals surface area contributed by atoms with Crippen LogP contribution in [0, 0.1) is 27.7 Å². The summed E-state index contributed by atoms with van der Waals surface area (Å²) in [5.41, 5.74) is 8.40. The molecule has 1 aliphatic heterocycles. The maximum atomic E-state index is 15.0. The van der Waals surface area contributed by atoms with Gasteiger partial charge < -0.3 is 19.0 Å². The molecule has 9 nitrogen and oxygen atoms in total. The van der Waals surface area contributed by atoms with Gasteiger partial charge in [0.05, 0.1) is 29.4 Å². The number of hydrogen-bond acceptors (Lipinski definition) is 5. The van der Waals surface area contributed by atoms with Gasteiger partial charge in [0.25, 0.3) is 5.91 Å². The van der Waals surface area contributed by atoms with Gasteiger partial charge in [-0.3, -0.25) is 9.69 Å². The summed E-state index contributed by atoms with van der Waals surface area (Å²) in [4.78, 5) is 37.7. The van der Waals surface area contributed by atoms with Crippen molar-refractivity contribution in [2.75, 3.05) is 11.5 Å². The quantitative estimate of drug-likeness (QED) is 0.0962. The van der Waals surface area contributed by atoms with Gasteiger partial charge >= 0.3 is 5.97 Å². The van der Waals surface area contributed by atoms with Crippen LogP contribution in [0.25, 0.3) is 32.9 Å². The maximum Gasteiger partial charge on any atom is 0.352 e. The molecular weight excluding hydrogens is 673 g/mol. The average molecular weight is 711 g/mol. The molecule has 0 bridgehead atoms. The van der Waals surface area contributed by atoms with Crippen molar-refractivity contribution in [2.24, 2.45) is 7.05 Å². The van der Waals surface area contributed by atoms with Crippen LogP contribution in [0.2, 0.25) is 5.02 Å². The Hall–Kier alpha value is -4.86. The highest BCUT2D eigenvalue weighted by atomic mass is 35.5. The molecule has 0 saturated carbocycles.